The van der Waals surface area contributed by atoms with Crippen LogP contribution in [0.2, 0.25) is 0 Å². The quantitative estimate of drug-likeness (QED) is 0.515. The summed E-state index contributed by atoms with van der Waals surface area (Å²) in [6.07, 6.45) is 4.47. The number of carbonyl (C=O) groups excluding carboxylic acids is 1. The van der Waals surface area contributed by atoms with Gasteiger partial charge in [0.15, 0.2) is 0 Å². The molecule has 0 saturated heterocycles. The standard InChI is InChI=1S/C13H22O2/c1-5-15-12(14)10(2)11-6-8-13(3,4)9-7-11/h5-9H2,1-4H3. The molecule has 2 nitrogen and oxygen atoms in total. The van der Waals surface area contributed by atoms with E-state index in [1.165, 1.54) is 18.4 Å². The molecule has 2 heteroatoms. The van der Waals surface area contributed by atoms with Crippen molar-refractivity contribution in [1.82, 2.24) is 0 Å². The highest BCUT2D eigenvalue weighted by Crippen LogP contribution is 2.38. The lowest BCUT2D eigenvalue weighted by molar-refractivity contribution is -0.138. The fraction of sp³-hybridized carbons (Fsp3) is 0.769. The first kappa shape index (κ1) is 12.3. The van der Waals surface area contributed by atoms with Crippen molar-refractivity contribution in [1.29, 1.82) is 0 Å². The van der Waals surface area contributed by atoms with E-state index in [1.807, 2.05) is 13.8 Å². The van der Waals surface area contributed by atoms with E-state index in [0.717, 1.165) is 18.4 Å². The van der Waals surface area contributed by atoms with Crippen LogP contribution in [0.5, 0.6) is 0 Å². The van der Waals surface area contributed by atoms with Gasteiger partial charge in [0.2, 0.25) is 0 Å². The van der Waals surface area contributed by atoms with Gasteiger partial charge in [-0.2, -0.15) is 0 Å². The second kappa shape index (κ2) is 4.82. The van der Waals surface area contributed by atoms with Crippen LogP contribution in [0, 0.1) is 5.41 Å². The van der Waals surface area contributed by atoms with Gasteiger partial charge in [0, 0.05) is 5.57 Å². The monoisotopic (exact) mass is 210 g/mol. The Labute approximate surface area is 92.7 Å². The van der Waals surface area contributed by atoms with E-state index in [2.05, 4.69) is 13.8 Å². The van der Waals surface area contributed by atoms with Gasteiger partial charge in [-0.25, -0.2) is 4.79 Å². The second-order valence-corrected chi connectivity index (χ2v) is 5.11. The average molecular weight is 210 g/mol. The number of allylic oxidation sites excluding steroid dienone is 1. The molecule has 0 N–H and O–H groups in total. The summed E-state index contributed by atoms with van der Waals surface area (Å²) in [6, 6.07) is 0. The molecule has 0 spiro atoms. The fourth-order valence-corrected chi connectivity index (χ4v) is 1.99. The largest absolute Gasteiger partial charge is 0.463 e. The average Bonchev–Trinajstić information content (AvgIpc) is 2.17. The fourth-order valence-electron chi connectivity index (χ4n) is 1.99. The smallest absolute Gasteiger partial charge is 0.333 e. The Hall–Kier alpha value is -0.790. The summed E-state index contributed by atoms with van der Waals surface area (Å²) in [5.41, 5.74) is 2.58. The van der Waals surface area contributed by atoms with Crippen molar-refractivity contribution in [3.8, 4) is 0 Å². The third-order valence-electron chi connectivity index (χ3n) is 3.32. The van der Waals surface area contributed by atoms with Gasteiger partial charge in [0.1, 0.15) is 0 Å². The minimum Gasteiger partial charge on any atom is -0.463 e. The van der Waals surface area contributed by atoms with Crippen LogP contribution in [-0.4, -0.2) is 12.6 Å². The zero-order valence-electron chi connectivity index (χ0n) is 10.4. The van der Waals surface area contributed by atoms with Crippen molar-refractivity contribution in [3.05, 3.63) is 11.1 Å². The molecule has 0 aromatic rings. The van der Waals surface area contributed by atoms with Crippen LogP contribution >= 0.6 is 0 Å². The summed E-state index contributed by atoms with van der Waals surface area (Å²) < 4.78 is 5.01. The summed E-state index contributed by atoms with van der Waals surface area (Å²) in [5, 5.41) is 0. The van der Waals surface area contributed by atoms with E-state index in [1.54, 1.807) is 0 Å². The summed E-state index contributed by atoms with van der Waals surface area (Å²) in [6.45, 7) is 8.80. The van der Waals surface area contributed by atoms with Gasteiger partial charge in [-0.15, -0.1) is 0 Å². The molecular formula is C13H22O2. The Balaban J connectivity index is 2.64. The number of rotatable bonds is 2. The molecule has 0 aromatic heterocycles. The van der Waals surface area contributed by atoms with E-state index in [-0.39, 0.29) is 5.97 Å². The van der Waals surface area contributed by atoms with Crippen LogP contribution in [0.15, 0.2) is 11.1 Å². The highest BCUT2D eigenvalue weighted by Gasteiger charge is 2.25. The molecule has 0 heterocycles. The Kier molecular flexibility index (Phi) is 3.95. The molecular weight excluding hydrogens is 188 g/mol. The summed E-state index contributed by atoms with van der Waals surface area (Å²) in [7, 11) is 0. The van der Waals surface area contributed by atoms with E-state index >= 15 is 0 Å². The summed E-state index contributed by atoms with van der Waals surface area (Å²) >= 11 is 0. The maximum absolute atomic E-state index is 11.5. The summed E-state index contributed by atoms with van der Waals surface area (Å²) in [5.74, 6) is -0.132. The van der Waals surface area contributed by atoms with Crippen molar-refractivity contribution in [2.24, 2.45) is 5.41 Å². The third kappa shape index (κ3) is 3.37. The maximum atomic E-state index is 11.5. The van der Waals surface area contributed by atoms with Gasteiger partial charge in [0.25, 0.3) is 0 Å². The third-order valence-corrected chi connectivity index (χ3v) is 3.32. The first-order chi connectivity index (χ1) is 6.96. The topological polar surface area (TPSA) is 26.3 Å². The van der Waals surface area contributed by atoms with Crippen LogP contribution in [0.1, 0.15) is 53.4 Å². The number of carbonyl (C=O) groups is 1. The van der Waals surface area contributed by atoms with E-state index in [0.29, 0.717) is 12.0 Å². The van der Waals surface area contributed by atoms with Crippen LogP contribution < -0.4 is 0 Å². The van der Waals surface area contributed by atoms with E-state index < -0.39 is 0 Å². The Morgan fingerprint density at radius 3 is 2.33 bits per heavy atom. The second-order valence-electron chi connectivity index (χ2n) is 5.11. The van der Waals surface area contributed by atoms with Gasteiger partial charge in [-0.3, -0.25) is 0 Å². The highest BCUT2D eigenvalue weighted by molar-refractivity contribution is 5.88. The zero-order chi connectivity index (χ0) is 11.5. The lowest BCUT2D eigenvalue weighted by Gasteiger charge is -2.31. The molecule has 1 saturated carbocycles. The number of esters is 1. The molecule has 0 aromatic carbocycles. The van der Waals surface area contributed by atoms with Gasteiger partial charge in [-0.05, 0) is 44.9 Å². The van der Waals surface area contributed by atoms with E-state index in [4.69, 9.17) is 4.74 Å². The molecule has 1 fully saturated rings. The molecule has 1 rings (SSSR count). The van der Waals surface area contributed by atoms with Gasteiger partial charge < -0.3 is 4.74 Å². The maximum Gasteiger partial charge on any atom is 0.333 e. The minimum absolute atomic E-state index is 0.132. The van der Waals surface area contributed by atoms with Crippen molar-refractivity contribution in [2.45, 2.75) is 53.4 Å². The molecule has 0 bridgehead atoms. The lowest BCUT2D eigenvalue weighted by atomic mass is 9.74. The molecule has 1 aliphatic carbocycles. The molecule has 0 aliphatic heterocycles. The molecule has 0 amide bonds. The Morgan fingerprint density at radius 1 is 1.33 bits per heavy atom. The Morgan fingerprint density at radius 2 is 1.87 bits per heavy atom. The van der Waals surface area contributed by atoms with E-state index in [9.17, 15) is 4.79 Å². The van der Waals surface area contributed by atoms with Gasteiger partial charge >= 0.3 is 5.97 Å². The molecule has 0 atom stereocenters. The number of hydrogen-bond acceptors (Lipinski definition) is 2. The van der Waals surface area contributed by atoms with Crippen LogP contribution in [0.4, 0.5) is 0 Å². The highest BCUT2D eigenvalue weighted by atomic mass is 16.5. The predicted octanol–water partition coefficient (Wildman–Crippen LogP) is 3.47. The normalized spacial score (nSPS) is 19.9. The van der Waals surface area contributed by atoms with Crippen molar-refractivity contribution >= 4 is 5.97 Å². The zero-order valence-corrected chi connectivity index (χ0v) is 10.4. The SMILES string of the molecule is CCOC(=O)C(C)=C1CCC(C)(C)CC1. The molecule has 15 heavy (non-hydrogen) atoms. The van der Waals surface area contributed by atoms with Crippen molar-refractivity contribution in [2.75, 3.05) is 6.61 Å². The lowest BCUT2D eigenvalue weighted by Crippen LogP contribution is -2.19. The van der Waals surface area contributed by atoms with Crippen molar-refractivity contribution in [3.63, 3.8) is 0 Å². The number of hydrogen-bond donors (Lipinski definition) is 0. The number of ether oxygens (including phenoxy) is 1. The molecule has 0 unspecified atom stereocenters. The first-order valence-electron chi connectivity index (χ1n) is 5.82. The Bertz CT molecular complexity index is 262. The van der Waals surface area contributed by atoms with Gasteiger partial charge in [0.05, 0.1) is 6.61 Å². The van der Waals surface area contributed by atoms with Crippen LogP contribution in [0.25, 0.3) is 0 Å². The molecule has 0 radical (unpaired) electrons. The van der Waals surface area contributed by atoms with Crippen molar-refractivity contribution < 1.29 is 9.53 Å². The van der Waals surface area contributed by atoms with Crippen LogP contribution in [-0.2, 0) is 9.53 Å². The minimum atomic E-state index is -0.132. The molecule has 1 aliphatic rings. The van der Waals surface area contributed by atoms with Crippen LogP contribution in [0.3, 0.4) is 0 Å². The molecule has 86 valence electrons. The first-order valence-corrected chi connectivity index (χ1v) is 5.82. The van der Waals surface area contributed by atoms with Gasteiger partial charge in [-0.1, -0.05) is 19.4 Å². The predicted molar refractivity (Wildman–Crippen MR) is 61.6 cm³/mol. The summed E-state index contributed by atoms with van der Waals surface area (Å²) in [4.78, 5) is 11.5.